The van der Waals surface area contributed by atoms with Crippen LogP contribution in [0.2, 0.25) is 0 Å². The molecule has 2 heterocycles. The van der Waals surface area contributed by atoms with E-state index in [2.05, 4.69) is 53.6 Å². The molecule has 0 unspecified atom stereocenters. The number of aromatic nitrogens is 2. The Hall–Kier alpha value is -3.37. The molecule has 1 aromatic heterocycles. The lowest BCUT2D eigenvalue weighted by Crippen LogP contribution is -2.26. The SMILES string of the molecule is Cc1cc(C#N)cc(C)c1Oc1nc(Nc2ccc(C#N)cc2)nc(NCCN2CCCC2)c1Br.Cl. The summed E-state index contributed by atoms with van der Waals surface area (Å²) in [5.74, 6) is 1.99. The molecule has 4 rings (SSSR count). The molecule has 1 aliphatic rings. The molecule has 0 radical (unpaired) electrons. The monoisotopic (exact) mass is 567 g/mol. The van der Waals surface area contributed by atoms with E-state index in [9.17, 15) is 5.26 Å². The van der Waals surface area contributed by atoms with Crippen LogP contribution in [0.1, 0.15) is 35.1 Å². The van der Waals surface area contributed by atoms with Gasteiger partial charge in [-0.15, -0.1) is 12.4 Å². The lowest BCUT2D eigenvalue weighted by molar-refractivity contribution is 0.352. The van der Waals surface area contributed by atoms with Crippen molar-refractivity contribution in [2.75, 3.05) is 36.8 Å². The molecule has 0 spiro atoms. The number of nitriles is 2. The fourth-order valence-electron chi connectivity index (χ4n) is 4.04. The quantitative estimate of drug-likeness (QED) is 0.337. The van der Waals surface area contributed by atoms with Gasteiger partial charge in [-0.3, -0.25) is 0 Å². The summed E-state index contributed by atoms with van der Waals surface area (Å²) in [6, 6.07) is 15.0. The fraction of sp³-hybridized carbons (Fsp3) is 0.308. The van der Waals surface area contributed by atoms with Gasteiger partial charge in [-0.1, -0.05) is 0 Å². The van der Waals surface area contributed by atoms with E-state index in [1.807, 2.05) is 13.8 Å². The number of halogens is 2. The Labute approximate surface area is 225 Å². The van der Waals surface area contributed by atoms with Gasteiger partial charge in [-0.25, -0.2) is 0 Å². The van der Waals surface area contributed by atoms with Crippen molar-refractivity contribution in [1.29, 1.82) is 10.5 Å². The number of hydrogen-bond acceptors (Lipinski definition) is 8. The van der Waals surface area contributed by atoms with Crippen molar-refractivity contribution < 1.29 is 4.74 Å². The van der Waals surface area contributed by atoms with Crippen LogP contribution in [0.3, 0.4) is 0 Å². The van der Waals surface area contributed by atoms with Crippen molar-refractivity contribution >= 4 is 45.8 Å². The van der Waals surface area contributed by atoms with Crippen molar-refractivity contribution in [3.63, 3.8) is 0 Å². The average Bonchev–Trinajstić information content (AvgIpc) is 3.37. The molecule has 1 aliphatic heterocycles. The van der Waals surface area contributed by atoms with Crippen molar-refractivity contribution in [2.45, 2.75) is 26.7 Å². The number of hydrogen-bond donors (Lipinski definition) is 2. The molecule has 1 saturated heterocycles. The first-order valence-corrected chi connectivity index (χ1v) is 12.3. The third kappa shape index (κ3) is 6.64. The Bertz CT molecular complexity index is 1270. The van der Waals surface area contributed by atoms with E-state index >= 15 is 0 Å². The maximum absolute atomic E-state index is 9.26. The summed E-state index contributed by atoms with van der Waals surface area (Å²) in [6.07, 6.45) is 2.49. The van der Waals surface area contributed by atoms with Crippen molar-refractivity contribution in [1.82, 2.24) is 14.9 Å². The molecule has 10 heteroatoms. The van der Waals surface area contributed by atoms with E-state index in [0.717, 1.165) is 43.0 Å². The van der Waals surface area contributed by atoms with Crippen LogP contribution in [0, 0.1) is 36.5 Å². The summed E-state index contributed by atoms with van der Waals surface area (Å²) in [4.78, 5) is 11.7. The maximum Gasteiger partial charge on any atom is 0.240 e. The lowest BCUT2D eigenvalue weighted by atomic mass is 10.1. The topological polar surface area (TPSA) is 110 Å². The zero-order valence-corrected chi connectivity index (χ0v) is 22.5. The van der Waals surface area contributed by atoms with Gasteiger partial charge in [-0.2, -0.15) is 20.5 Å². The van der Waals surface area contributed by atoms with Crippen molar-refractivity contribution in [3.05, 3.63) is 63.1 Å². The highest BCUT2D eigenvalue weighted by Crippen LogP contribution is 2.37. The van der Waals surface area contributed by atoms with Crippen LogP contribution in [0.5, 0.6) is 11.6 Å². The summed E-state index contributed by atoms with van der Waals surface area (Å²) in [5, 5.41) is 24.9. The van der Waals surface area contributed by atoms with Crippen LogP contribution in [-0.2, 0) is 0 Å². The molecule has 2 N–H and O–H groups in total. The second-order valence-electron chi connectivity index (χ2n) is 8.46. The van der Waals surface area contributed by atoms with Crippen LogP contribution in [0.4, 0.5) is 17.5 Å². The van der Waals surface area contributed by atoms with Gasteiger partial charge < -0.3 is 20.3 Å². The third-order valence-corrected chi connectivity index (χ3v) is 6.51. The van der Waals surface area contributed by atoms with E-state index in [1.165, 1.54) is 12.8 Å². The van der Waals surface area contributed by atoms with Crippen molar-refractivity contribution in [3.8, 4) is 23.8 Å². The largest absolute Gasteiger partial charge is 0.437 e. The molecule has 2 aromatic carbocycles. The zero-order valence-electron chi connectivity index (χ0n) is 20.1. The Morgan fingerprint density at radius 1 is 1.00 bits per heavy atom. The van der Waals surface area contributed by atoms with E-state index < -0.39 is 0 Å². The molecule has 8 nitrogen and oxygen atoms in total. The number of anilines is 3. The van der Waals surface area contributed by atoms with Crippen LogP contribution < -0.4 is 15.4 Å². The number of ether oxygens (including phenoxy) is 1. The predicted octanol–water partition coefficient (Wildman–Crippen LogP) is 6.06. The highest BCUT2D eigenvalue weighted by atomic mass is 79.9. The second-order valence-corrected chi connectivity index (χ2v) is 9.25. The fourth-order valence-corrected chi connectivity index (χ4v) is 4.43. The molecular formula is C26H27BrClN7O. The van der Waals surface area contributed by atoms with Gasteiger partial charge in [-0.05, 0) is 103 Å². The van der Waals surface area contributed by atoms with Gasteiger partial charge in [0.2, 0.25) is 11.8 Å². The Morgan fingerprint density at radius 2 is 1.64 bits per heavy atom. The summed E-state index contributed by atoms with van der Waals surface area (Å²) in [7, 11) is 0. The van der Waals surface area contributed by atoms with E-state index in [4.69, 9.17) is 10.00 Å². The molecule has 0 saturated carbocycles. The smallest absolute Gasteiger partial charge is 0.240 e. The molecule has 1 fully saturated rings. The molecule has 0 atom stereocenters. The summed E-state index contributed by atoms with van der Waals surface area (Å²) >= 11 is 3.63. The zero-order chi connectivity index (χ0) is 24.8. The average molecular weight is 569 g/mol. The first-order chi connectivity index (χ1) is 17.0. The van der Waals surface area contributed by atoms with Crippen LogP contribution in [0.15, 0.2) is 40.9 Å². The minimum Gasteiger partial charge on any atom is -0.437 e. The van der Waals surface area contributed by atoms with Crippen LogP contribution in [0.25, 0.3) is 0 Å². The molecule has 3 aromatic rings. The second kappa shape index (κ2) is 12.5. The normalized spacial score (nSPS) is 12.8. The summed E-state index contributed by atoms with van der Waals surface area (Å²) in [6.45, 7) is 7.74. The Kier molecular flexibility index (Phi) is 9.49. The summed E-state index contributed by atoms with van der Waals surface area (Å²) in [5.41, 5.74) is 3.61. The third-order valence-electron chi connectivity index (χ3n) is 5.80. The standard InChI is InChI=1S/C26H26BrN7O.ClH/c1-17-13-20(16-29)14-18(2)23(17)35-25-22(27)24(30-9-12-34-10-3-4-11-34)32-26(33-25)31-21-7-5-19(15-28)6-8-21;/h5-8,13-14H,3-4,9-12H2,1-2H3,(H2,30,31,32,33);1H. The minimum absolute atomic E-state index is 0. The molecule has 36 heavy (non-hydrogen) atoms. The molecule has 0 aliphatic carbocycles. The van der Waals surface area contributed by atoms with Gasteiger partial charge in [0.05, 0.1) is 23.3 Å². The number of rotatable bonds is 8. The highest BCUT2D eigenvalue weighted by molar-refractivity contribution is 9.10. The first kappa shape index (κ1) is 27.2. The number of benzene rings is 2. The maximum atomic E-state index is 9.26. The Balaban J connectivity index is 0.00000361. The van der Waals surface area contributed by atoms with Crippen LogP contribution in [-0.4, -0.2) is 41.0 Å². The number of aryl methyl sites for hydroxylation is 2. The van der Waals surface area contributed by atoms with Crippen molar-refractivity contribution in [2.24, 2.45) is 0 Å². The minimum atomic E-state index is 0. The van der Waals surface area contributed by atoms with E-state index in [0.29, 0.717) is 39.0 Å². The molecular weight excluding hydrogens is 542 g/mol. The lowest BCUT2D eigenvalue weighted by Gasteiger charge is -2.18. The van der Waals surface area contributed by atoms with Gasteiger partial charge in [0.25, 0.3) is 0 Å². The number of likely N-dealkylation sites (tertiary alicyclic amines) is 1. The number of nitrogens with one attached hydrogen (secondary N) is 2. The van der Waals surface area contributed by atoms with E-state index in [1.54, 1.807) is 36.4 Å². The highest BCUT2D eigenvalue weighted by Gasteiger charge is 2.18. The van der Waals surface area contributed by atoms with E-state index in [-0.39, 0.29) is 12.4 Å². The van der Waals surface area contributed by atoms with Gasteiger partial charge in [0.1, 0.15) is 16.0 Å². The van der Waals surface area contributed by atoms with Crippen LogP contribution >= 0.6 is 28.3 Å². The van der Waals surface area contributed by atoms with Gasteiger partial charge in [0.15, 0.2) is 0 Å². The molecule has 0 amide bonds. The Morgan fingerprint density at radius 3 is 2.25 bits per heavy atom. The summed E-state index contributed by atoms with van der Waals surface area (Å²) < 4.78 is 6.88. The predicted molar refractivity (Wildman–Crippen MR) is 146 cm³/mol. The molecule has 186 valence electrons. The molecule has 0 bridgehead atoms. The number of nitrogens with zero attached hydrogens (tertiary/aromatic N) is 5. The van der Waals surface area contributed by atoms with Gasteiger partial charge in [0, 0.05) is 18.8 Å². The first-order valence-electron chi connectivity index (χ1n) is 11.5. The van der Waals surface area contributed by atoms with Gasteiger partial charge >= 0.3 is 0 Å².